The first-order valence-electron chi connectivity index (χ1n) is 10.5. The van der Waals surface area contributed by atoms with Crippen molar-refractivity contribution in [1.82, 2.24) is 9.97 Å². The van der Waals surface area contributed by atoms with Gasteiger partial charge in [-0.15, -0.1) is 0 Å². The Morgan fingerprint density at radius 2 is 1.81 bits per heavy atom. The van der Waals surface area contributed by atoms with Gasteiger partial charge in [0, 0.05) is 5.56 Å². The van der Waals surface area contributed by atoms with E-state index in [4.69, 9.17) is 4.74 Å². The molecule has 1 aromatic heterocycles. The van der Waals surface area contributed by atoms with Gasteiger partial charge in [0.05, 0.1) is 16.6 Å². The average Bonchev–Trinajstić information content (AvgIpc) is 3.24. The van der Waals surface area contributed by atoms with Gasteiger partial charge in [-0.3, -0.25) is 0 Å². The largest absolute Gasteiger partial charge is 0.488 e. The Morgan fingerprint density at radius 1 is 1.00 bits per heavy atom. The second kappa shape index (κ2) is 8.41. The highest BCUT2D eigenvalue weighted by atomic mass is 16.5. The molecule has 5 aromatic rings. The van der Waals surface area contributed by atoms with E-state index in [0.717, 1.165) is 33.5 Å². The Morgan fingerprint density at radius 3 is 2.72 bits per heavy atom. The van der Waals surface area contributed by atoms with Gasteiger partial charge in [0.2, 0.25) is 0 Å². The summed E-state index contributed by atoms with van der Waals surface area (Å²) in [7, 11) is 0. The normalized spacial score (nSPS) is 11.6. The number of nitrogens with one attached hydrogen (secondary N) is 1. The number of nitrogens with zero attached hydrogens (tertiary/aromatic N) is 2. The maximum Gasteiger partial charge on any atom is 0.149 e. The van der Waals surface area contributed by atoms with E-state index < -0.39 is 0 Å². The van der Waals surface area contributed by atoms with Crippen LogP contribution in [0, 0.1) is 18.3 Å². The number of H-pyrrole nitrogens is 1. The van der Waals surface area contributed by atoms with Gasteiger partial charge in [0.25, 0.3) is 0 Å². The van der Waals surface area contributed by atoms with E-state index >= 15 is 0 Å². The number of nitriles is 1. The van der Waals surface area contributed by atoms with Crippen molar-refractivity contribution in [2.45, 2.75) is 13.5 Å². The van der Waals surface area contributed by atoms with E-state index in [1.807, 2.05) is 73.7 Å². The molecule has 0 spiro atoms. The predicted molar refractivity (Wildman–Crippen MR) is 129 cm³/mol. The smallest absolute Gasteiger partial charge is 0.149 e. The molecule has 1 heterocycles. The molecule has 0 fully saturated rings. The Balaban J connectivity index is 1.46. The lowest BCUT2D eigenvalue weighted by molar-refractivity contribution is 0.307. The SMILES string of the molecule is Cc1ccc2nc(/C(C#N)=C\c3ccccc3OCc3cccc4ccccc34)[nH]c2c1. The predicted octanol–water partition coefficient (Wildman–Crippen LogP) is 6.67. The quantitative estimate of drug-likeness (QED) is 0.326. The standard InChI is InChI=1S/C28H21N3O/c1-19-13-14-25-26(15-19)31-28(30-25)23(17-29)16-21-8-3-5-12-27(21)32-18-22-10-6-9-20-7-2-4-11-24(20)22/h2-16H,18H2,1H3,(H,30,31)/b23-16-. The minimum absolute atomic E-state index is 0.442. The second-order valence-corrected chi connectivity index (χ2v) is 7.74. The Kier molecular flexibility index (Phi) is 5.15. The molecule has 0 aliphatic carbocycles. The van der Waals surface area contributed by atoms with Crippen molar-refractivity contribution < 1.29 is 4.74 Å². The summed E-state index contributed by atoms with van der Waals surface area (Å²) in [6.45, 7) is 2.47. The van der Waals surface area contributed by atoms with E-state index in [1.54, 1.807) is 0 Å². The summed E-state index contributed by atoms with van der Waals surface area (Å²) >= 11 is 0. The number of rotatable bonds is 5. The van der Waals surface area contributed by atoms with Gasteiger partial charge < -0.3 is 9.72 Å². The third-order valence-corrected chi connectivity index (χ3v) is 5.49. The minimum atomic E-state index is 0.442. The van der Waals surface area contributed by atoms with Gasteiger partial charge in [-0.25, -0.2) is 4.98 Å². The lowest BCUT2D eigenvalue weighted by atomic mass is 10.1. The van der Waals surface area contributed by atoms with E-state index in [9.17, 15) is 5.26 Å². The molecular weight excluding hydrogens is 394 g/mol. The minimum Gasteiger partial charge on any atom is -0.488 e. The number of para-hydroxylation sites is 1. The van der Waals surface area contributed by atoms with Crippen molar-refractivity contribution >= 4 is 33.5 Å². The Bertz CT molecular complexity index is 1500. The number of ether oxygens (including phenoxy) is 1. The third kappa shape index (κ3) is 3.84. The van der Waals surface area contributed by atoms with Crippen LogP contribution in [0.5, 0.6) is 5.75 Å². The molecule has 0 bridgehead atoms. The Hall–Kier alpha value is -4.36. The zero-order valence-corrected chi connectivity index (χ0v) is 17.7. The molecule has 0 radical (unpaired) electrons. The molecule has 0 unspecified atom stereocenters. The summed E-state index contributed by atoms with van der Waals surface area (Å²) in [5.74, 6) is 1.28. The van der Waals surface area contributed by atoms with Gasteiger partial charge >= 0.3 is 0 Å². The van der Waals surface area contributed by atoms with Crippen molar-refractivity contribution in [1.29, 1.82) is 5.26 Å². The van der Waals surface area contributed by atoms with Crippen LogP contribution < -0.4 is 4.74 Å². The number of aryl methyl sites for hydroxylation is 1. The molecule has 5 rings (SSSR count). The highest BCUT2D eigenvalue weighted by Crippen LogP contribution is 2.27. The number of hydrogen-bond acceptors (Lipinski definition) is 3. The summed E-state index contributed by atoms with van der Waals surface area (Å²) in [5, 5.41) is 12.2. The molecule has 0 saturated carbocycles. The van der Waals surface area contributed by atoms with Crippen LogP contribution in [-0.2, 0) is 6.61 Å². The molecule has 4 aromatic carbocycles. The van der Waals surface area contributed by atoms with E-state index in [2.05, 4.69) is 40.3 Å². The monoisotopic (exact) mass is 415 g/mol. The Labute approximate surface area is 186 Å². The number of aromatic amines is 1. The number of imidazole rings is 1. The number of benzene rings is 4. The second-order valence-electron chi connectivity index (χ2n) is 7.74. The first kappa shape index (κ1) is 19.6. The van der Waals surface area contributed by atoms with Gasteiger partial charge in [0.1, 0.15) is 24.3 Å². The first-order chi connectivity index (χ1) is 15.7. The maximum absolute atomic E-state index is 9.82. The molecule has 0 aliphatic rings. The highest BCUT2D eigenvalue weighted by molar-refractivity contribution is 5.91. The number of fused-ring (bicyclic) bond motifs is 2. The van der Waals surface area contributed by atoms with Crippen LogP contribution in [-0.4, -0.2) is 9.97 Å². The van der Waals surface area contributed by atoms with Crippen molar-refractivity contribution in [2.24, 2.45) is 0 Å². The highest BCUT2D eigenvalue weighted by Gasteiger charge is 2.10. The molecule has 0 atom stereocenters. The molecule has 4 nitrogen and oxygen atoms in total. The first-order valence-corrected chi connectivity index (χ1v) is 10.5. The van der Waals surface area contributed by atoms with Crippen molar-refractivity contribution in [3.63, 3.8) is 0 Å². The number of hydrogen-bond donors (Lipinski definition) is 1. The van der Waals surface area contributed by atoms with Gasteiger partial charge in [-0.05, 0) is 53.1 Å². The van der Waals surface area contributed by atoms with Crippen LogP contribution in [0.4, 0.5) is 0 Å². The average molecular weight is 415 g/mol. The molecular formula is C28H21N3O. The van der Waals surface area contributed by atoms with Crippen LogP contribution in [0.1, 0.15) is 22.5 Å². The van der Waals surface area contributed by atoms with Crippen LogP contribution in [0.15, 0.2) is 84.9 Å². The van der Waals surface area contributed by atoms with Crippen LogP contribution in [0.3, 0.4) is 0 Å². The van der Waals surface area contributed by atoms with Crippen molar-refractivity contribution in [2.75, 3.05) is 0 Å². The summed E-state index contributed by atoms with van der Waals surface area (Å²) < 4.78 is 6.20. The van der Waals surface area contributed by atoms with Crippen LogP contribution >= 0.6 is 0 Å². The van der Waals surface area contributed by atoms with Crippen LogP contribution in [0.25, 0.3) is 33.5 Å². The number of allylic oxidation sites excluding steroid dienone is 1. The fourth-order valence-corrected chi connectivity index (χ4v) is 3.87. The van der Waals surface area contributed by atoms with E-state index in [0.29, 0.717) is 18.0 Å². The summed E-state index contributed by atoms with van der Waals surface area (Å²) in [6, 6.07) is 30.5. The summed E-state index contributed by atoms with van der Waals surface area (Å²) in [6.07, 6.45) is 1.82. The van der Waals surface area contributed by atoms with Gasteiger partial charge in [-0.2, -0.15) is 5.26 Å². The molecule has 1 N–H and O–H groups in total. The lowest BCUT2D eigenvalue weighted by Gasteiger charge is -2.11. The molecule has 4 heteroatoms. The maximum atomic E-state index is 9.82. The van der Waals surface area contributed by atoms with E-state index in [-0.39, 0.29) is 0 Å². The zero-order valence-electron chi connectivity index (χ0n) is 17.7. The topological polar surface area (TPSA) is 61.7 Å². The van der Waals surface area contributed by atoms with Crippen molar-refractivity contribution in [3.05, 3.63) is 107 Å². The van der Waals surface area contributed by atoms with Crippen LogP contribution in [0.2, 0.25) is 0 Å². The zero-order chi connectivity index (χ0) is 21.9. The lowest BCUT2D eigenvalue weighted by Crippen LogP contribution is -1.98. The summed E-state index contributed by atoms with van der Waals surface area (Å²) in [4.78, 5) is 7.85. The van der Waals surface area contributed by atoms with Crippen molar-refractivity contribution in [3.8, 4) is 11.8 Å². The van der Waals surface area contributed by atoms with E-state index in [1.165, 1.54) is 10.8 Å². The third-order valence-electron chi connectivity index (χ3n) is 5.49. The molecule has 0 saturated heterocycles. The fourth-order valence-electron chi connectivity index (χ4n) is 3.87. The fraction of sp³-hybridized carbons (Fsp3) is 0.0714. The van der Waals surface area contributed by atoms with Gasteiger partial charge in [0.15, 0.2) is 0 Å². The molecule has 0 amide bonds. The van der Waals surface area contributed by atoms with Gasteiger partial charge in [-0.1, -0.05) is 66.7 Å². The molecule has 154 valence electrons. The summed E-state index contributed by atoms with van der Waals surface area (Å²) in [5.41, 5.74) is 5.31. The molecule has 0 aliphatic heterocycles. The molecule has 32 heavy (non-hydrogen) atoms. The number of aromatic nitrogens is 2.